The largest absolute Gasteiger partial charge is 0.471 e. The van der Waals surface area contributed by atoms with Crippen molar-refractivity contribution in [3.8, 4) is 0 Å². The summed E-state index contributed by atoms with van der Waals surface area (Å²) < 4.78 is 51.1. The van der Waals surface area contributed by atoms with E-state index < -0.39 is 29.0 Å². The lowest BCUT2D eigenvalue weighted by molar-refractivity contribution is -0.188. The van der Waals surface area contributed by atoms with Crippen LogP contribution in [0.5, 0.6) is 0 Å². The van der Waals surface area contributed by atoms with Crippen LogP contribution in [0.3, 0.4) is 0 Å². The SMILES string of the molecule is COCC1(CN(C(=O)C(F)(F)F)[C@@H]2CC2c2ccccc2)CCN(CC2(C(=O)OC)CC2)CC1. The summed E-state index contributed by atoms with van der Waals surface area (Å²) in [5.41, 5.74) is -0.0379. The van der Waals surface area contributed by atoms with Crippen molar-refractivity contribution in [2.24, 2.45) is 10.8 Å². The predicted octanol–water partition coefficient (Wildman–Crippen LogP) is 3.62. The van der Waals surface area contributed by atoms with Crippen molar-refractivity contribution in [1.29, 1.82) is 0 Å². The Morgan fingerprint density at radius 2 is 1.74 bits per heavy atom. The van der Waals surface area contributed by atoms with Crippen LogP contribution in [0.2, 0.25) is 0 Å². The van der Waals surface area contributed by atoms with Crippen LogP contribution in [0.1, 0.15) is 43.6 Å². The molecule has 1 unspecified atom stereocenters. The van der Waals surface area contributed by atoms with E-state index in [1.807, 2.05) is 30.3 Å². The monoisotopic (exact) mass is 482 g/mol. The maximum Gasteiger partial charge on any atom is 0.471 e. The van der Waals surface area contributed by atoms with Crippen LogP contribution in [0.15, 0.2) is 30.3 Å². The Bertz CT molecular complexity index is 880. The second kappa shape index (κ2) is 9.49. The molecule has 1 amide bonds. The lowest BCUT2D eigenvalue weighted by Crippen LogP contribution is -2.53. The quantitative estimate of drug-likeness (QED) is 0.504. The number of nitrogens with zero attached hydrogens (tertiary/aromatic N) is 2. The zero-order valence-electron chi connectivity index (χ0n) is 19.8. The first kappa shape index (κ1) is 25.0. The molecule has 0 spiro atoms. The van der Waals surface area contributed by atoms with Gasteiger partial charge in [-0.05, 0) is 50.8 Å². The fraction of sp³-hybridized carbons (Fsp3) is 0.680. The smallest absolute Gasteiger partial charge is 0.469 e. The van der Waals surface area contributed by atoms with Crippen molar-refractivity contribution >= 4 is 11.9 Å². The number of esters is 1. The van der Waals surface area contributed by atoms with Gasteiger partial charge < -0.3 is 19.3 Å². The molecule has 2 saturated carbocycles. The fourth-order valence-electron chi connectivity index (χ4n) is 5.51. The zero-order valence-corrected chi connectivity index (χ0v) is 19.8. The van der Waals surface area contributed by atoms with Gasteiger partial charge >= 0.3 is 18.1 Å². The molecule has 188 valence electrons. The molecule has 1 heterocycles. The molecule has 6 nitrogen and oxygen atoms in total. The van der Waals surface area contributed by atoms with Crippen LogP contribution >= 0.6 is 0 Å². The van der Waals surface area contributed by atoms with Crippen molar-refractivity contribution in [1.82, 2.24) is 9.80 Å². The molecule has 1 aliphatic heterocycles. The molecule has 0 aromatic heterocycles. The Morgan fingerprint density at radius 3 is 2.26 bits per heavy atom. The van der Waals surface area contributed by atoms with E-state index in [2.05, 4.69) is 4.90 Å². The number of ether oxygens (including phenoxy) is 2. The van der Waals surface area contributed by atoms with Gasteiger partial charge in [0, 0.05) is 37.6 Å². The highest BCUT2D eigenvalue weighted by atomic mass is 19.4. The number of piperidine rings is 1. The van der Waals surface area contributed by atoms with Crippen LogP contribution in [0, 0.1) is 10.8 Å². The summed E-state index contributed by atoms with van der Waals surface area (Å²) in [5, 5.41) is 0. The van der Waals surface area contributed by atoms with Gasteiger partial charge in [-0.2, -0.15) is 13.2 Å². The zero-order chi connectivity index (χ0) is 24.6. The average Bonchev–Trinajstić information content (AvgIpc) is 3.74. The standard InChI is InChI=1S/C25H33F3N2O4/c1-33-17-23(10-12-29(13-11-23)16-24(8-9-24)22(32)34-2)15-30(21(31)25(26,27)28)20-14-19(20)18-6-4-3-5-7-18/h3-7,19-20H,8-17H2,1-2H3/t19?,20-/m1/s1. The number of carbonyl (C=O) groups is 2. The maximum atomic E-state index is 13.6. The summed E-state index contributed by atoms with van der Waals surface area (Å²) in [6.45, 7) is 2.19. The Kier molecular flexibility index (Phi) is 6.97. The number of likely N-dealkylation sites (tertiary alicyclic amines) is 1. The summed E-state index contributed by atoms with van der Waals surface area (Å²) in [4.78, 5) is 27.9. The number of alkyl halides is 3. The molecule has 0 N–H and O–H groups in total. The van der Waals surface area contributed by atoms with Gasteiger partial charge in [-0.15, -0.1) is 0 Å². The summed E-state index contributed by atoms with van der Waals surface area (Å²) in [7, 11) is 2.94. The van der Waals surface area contributed by atoms with Crippen molar-refractivity contribution in [3.05, 3.63) is 35.9 Å². The highest BCUT2D eigenvalue weighted by Crippen LogP contribution is 2.50. The number of rotatable bonds is 9. The van der Waals surface area contributed by atoms with E-state index in [0.29, 0.717) is 38.9 Å². The highest BCUT2D eigenvalue weighted by Gasteiger charge is 2.55. The van der Waals surface area contributed by atoms with Crippen LogP contribution < -0.4 is 0 Å². The number of benzene rings is 1. The predicted molar refractivity (Wildman–Crippen MR) is 119 cm³/mol. The van der Waals surface area contributed by atoms with Gasteiger partial charge in [0.15, 0.2) is 0 Å². The molecule has 0 radical (unpaired) electrons. The normalized spacial score (nSPS) is 25.4. The molecule has 1 saturated heterocycles. The van der Waals surface area contributed by atoms with E-state index in [-0.39, 0.29) is 25.0 Å². The first-order chi connectivity index (χ1) is 16.1. The number of hydrogen-bond acceptors (Lipinski definition) is 5. The van der Waals surface area contributed by atoms with Gasteiger partial charge in [-0.1, -0.05) is 30.3 Å². The van der Waals surface area contributed by atoms with Crippen molar-refractivity contribution in [2.45, 2.75) is 50.2 Å². The van der Waals surface area contributed by atoms with Crippen LogP contribution in [0.4, 0.5) is 13.2 Å². The second-order valence-corrected chi connectivity index (χ2v) is 10.2. The first-order valence-corrected chi connectivity index (χ1v) is 11.9. The molecular weight excluding hydrogens is 449 g/mol. The number of methoxy groups -OCH3 is 2. The van der Waals surface area contributed by atoms with Gasteiger partial charge in [0.2, 0.25) is 0 Å². The van der Waals surface area contributed by atoms with E-state index in [4.69, 9.17) is 9.47 Å². The topological polar surface area (TPSA) is 59.1 Å². The maximum absolute atomic E-state index is 13.6. The Morgan fingerprint density at radius 1 is 1.09 bits per heavy atom. The lowest BCUT2D eigenvalue weighted by Gasteiger charge is -2.45. The molecule has 0 bridgehead atoms. The van der Waals surface area contributed by atoms with E-state index >= 15 is 0 Å². The average molecular weight is 483 g/mol. The van der Waals surface area contributed by atoms with Crippen molar-refractivity contribution in [2.75, 3.05) is 47.0 Å². The van der Waals surface area contributed by atoms with Gasteiger partial charge in [-0.25, -0.2) is 0 Å². The minimum absolute atomic E-state index is 0.0170. The van der Waals surface area contributed by atoms with Crippen LogP contribution in [-0.4, -0.2) is 80.9 Å². The molecule has 34 heavy (non-hydrogen) atoms. The van der Waals surface area contributed by atoms with E-state index in [9.17, 15) is 22.8 Å². The molecular formula is C25H33F3N2O4. The number of hydrogen-bond donors (Lipinski definition) is 0. The van der Waals surface area contributed by atoms with Gasteiger partial charge in [0.1, 0.15) is 0 Å². The molecule has 1 aromatic carbocycles. The second-order valence-electron chi connectivity index (χ2n) is 10.2. The van der Waals surface area contributed by atoms with Gasteiger partial charge in [-0.3, -0.25) is 9.59 Å². The Hall–Kier alpha value is -2.13. The molecule has 1 aromatic rings. The fourth-order valence-corrected chi connectivity index (χ4v) is 5.51. The Balaban J connectivity index is 1.46. The number of halogens is 3. The summed E-state index contributed by atoms with van der Waals surface area (Å²) in [6, 6.07) is 8.94. The van der Waals surface area contributed by atoms with E-state index in [0.717, 1.165) is 23.3 Å². The molecule has 2 aliphatic carbocycles. The minimum atomic E-state index is -4.92. The van der Waals surface area contributed by atoms with Crippen molar-refractivity contribution < 1.29 is 32.2 Å². The molecule has 3 aliphatic rings. The molecule has 9 heteroatoms. The molecule has 2 atom stereocenters. The third-order valence-corrected chi connectivity index (χ3v) is 7.76. The number of amides is 1. The van der Waals surface area contributed by atoms with E-state index in [1.54, 1.807) is 7.11 Å². The van der Waals surface area contributed by atoms with Crippen LogP contribution in [0.25, 0.3) is 0 Å². The third kappa shape index (κ3) is 5.25. The van der Waals surface area contributed by atoms with Crippen LogP contribution in [-0.2, 0) is 19.1 Å². The van der Waals surface area contributed by atoms with Crippen molar-refractivity contribution in [3.63, 3.8) is 0 Å². The van der Waals surface area contributed by atoms with Gasteiger partial charge in [0.05, 0.1) is 19.1 Å². The summed E-state index contributed by atoms with van der Waals surface area (Å²) >= 11 is 0. The summed E-state index contributed by atoms with van der Waals surface area (Å²) in [5.74, 6) is -2.04. The van der Waals surface area contributed by atoms with E-state index in [1.165, 1.54) is 7.11 Å². The highest BCUT2D eigenvalue weighted by molar-refractivity contribution is 5.83. The summed E-state index contributed by atoms with van der Waals surface area (Å²) in [6.07, 6.45) is -1.59. The minimum Gasteiger partial charge on any atom is -0.469 e. The third-order valence-electron chi connectivity index (χ3n) is 7.76. The lowest BCUT2D eigenvalue weighted by atomic mass is 9.78. The van der Waals surface area contributed by atoms with Gasteiger partial charge in [0.25, 0.3) is 0 Å². The molecule has 3 fully saturated rings. The first-order valence-electron chi connectivity index (χ1n) is 11.9. The Labute approximate surface area is 198 Å². The molecule has 4 rings (SSSR count). The number of carbonyl (C=O) groups excluding carboxylic acids is 2.